The molecule has 17 heavy (non-hydrogen) atoms. The van der Waals surface area contributed by atoms with Gasteiger partial charge in [-0.1, -0.05) is 18.2 Å². The molecule has 0 bridgehead atoms. The number of para-hydroxylation sites is 1. The summed E-state index contributed by atoms with van der Waals surface area (Å²) >= 11 is 0. The molecule has 0 aromatic heterocycles. The first-order valence-electron chi connectivity index (χ1n) is 5.80. The lowest BCUT2D eigenvalue weighted by molar-refractivity contribution is -0.142. The normalized spacial score (nSPS) is 10.8. The number of hydrogen-bond donors (Lipinski definition) is 0. The van der Waals surface area contributed by atoms with Crippen molar-refractivity contribution >= 4 is 17.9 Å². The predicted octanol–water partition coefficient (Wildman–Crippen LogP) is 3.23. The predicted molar refractivity (Wildman–Crippen MR) is 68.9 cm³/mol. The Morgan fingerprint density at radius 3 is 2.59 bits per heavy atom. The van der Waals surface area contributed by atoms with Gasteiger partial charge in [-0.15, -0.1) is 0 Å². The van der Waals surface area contributed by atoms with Crippen LogP contribution < -0.4 is 0 Å². The van der Waals surface area contributed by atoms with Crippen molar-refractivity contribution in [3.8, 4) is 0 Å². The quantitative estimate of drug-likeness (QED) is 0.577. The molecule has 0 heterocycles. The Balaban J connectivity index is 2.51. The standard InChI is InChI=1S/C14H18NO2/c1-4-17-13(16)9-6-10-15-14-11(2)7-5-8-12(14)3/h5,7-8H,4,6,9H2,1-3H3. The number of nitrogens with zero attached hydrogens (tertiary/aromatic N) is 1. The molecule has 91 valence electrons. The SMILES string of the molecule is CCOC(=O)CC[C]=Nc1c(C)cccc1C. The van der Waals surface area contributed by atoms with E-state index in [1.54, 1.807) is 6.92 Å². The van der Waals surface area contributed by atoms with E-state index in [-0.39, 0.29) is 5.97 Å². The summed E-state index contributed by atoms with van der Waals surface area (Å²) in [6.45, 7) is 6.25. The molecule has 0 saturated carbocycles. The van der Waals surface area contributed by atoms with Gasteiger partial charge in [0.05, 0.1) is 24.9 Å². The Kier molecular flexibility index (Phi) is 5.40. The zero-order chi connectivity index (χ0) is 12.7. The van der Waals surface area contributed by atoms with Crippen molar-refractivity contribution in [1.82, 2.24) is 0 Å². The van der Waals surface area contributed by atoms with E-state index in [1.165, 1.54) is 0 Å². The van der Waals surface area contributed by atoms with E-state index >= 15 is 0 Å². The van der Waals surface area contributed by atoms with Gasteiger partial charge in [-0.25, -0.2) is 0 Å². The zero-order valence-electron chi connectivity index (χ0n) is 10.6. The van der Waals surface area contributed by atoms with Gasteiger partial charge in [0.1, 0.15) is 0 Å². The topological polar surface area (TPSA) is 38.7 Å². The second kappa shape index (κ2) is 6.84. The first-order valence-corrected chi connectivity index (χ1v) is 5.80. The van der Waals surface area contributed by atoms with Gasteiger partial charge in [-0.05, 0) is 31.9 Å². The Labute approximate surface area is 103 Å². The summed E-state index contributed by atoms with van der Waals surface area (Å²) in [7, 11) is 0. The van der Waals surface area contributed by atoms with Gasteiger partial charge in [0.2, 0.25) is 0 Å². The summed E-state index contributed by atoms with van der Waals surface area (Å²) in [4.78, 5) is 15.4. The molecule has 0 unspecified atom stereocenters. The van der Waals surface area contributed by atoms with Gasteiger partial charge >= 0.3 is 5.97 Å². The third kappa shape index (κ3) is 4.39. The highest BCUT2D eigenvalue weighted by molar-refractivity contribution is 5.75. The largest absolute Gasteiger partial charge is 0.466 e. The van der Waals surface area contributed by atoms with Crippen LogP contribution in [0.3, 0.4) is 0 Å². The summed E-state index contributed by atoms with van der Waals surface area (Å²) in [6.07, 6.45) is 3.73. The summed E-state index contributed by atoms with van der Waals surface area (Å²) in [5.41, 5.74) is 3.18. The van der Waals surface area contributed by atoms with E-state index in [0.717, 1.165) is 16.8 Å². The number of hydrogen-bond acceptors (Lipinski definition) is 3. The molecule has 0 atom stereocenters. The third-order valence-electron chi connectivity index (χ3n) is 2.38. The molecule has 0 aliphatic rings. The number of esters is 1. The van der Waals surface area contributed by atoms with E-state index in [1.807, 2.05) is 32.0 Å². The molecule has 0 fully saturated rings. The molecule has 0 N–H and O–H groups in total. The molecule has 0 spiro atoms. The zero-order valence-corrected chi connectivity index (χ0v) is 10.6. The highest BCUT2D eigenvalue weighted by Gasteiger charge is 2.01. The molecule has 0 amide bonds. The Morgan fingerprint density at radius 2 is 2.00 bits per heavy atom. The van der Waals surface area contributed by atoms with Gasteiger partial charge in [0.15, 0.2) is 0 Å². The van der Waals surface area contributed by atoms with Crippen molar-refractivity contribution in [2.75, 3.05) is 6.61 Å². The van der Waals surface area contributed by atoms with Crippen LogP contribution in [0.25, 0.3) is 0 Å². The fourth-order valence-electron chi connectivity index (χ4n) is 1.51. The maximum atomic E-state index is 11.1. The minimum atomic E-state index is -0.197. The average Bonchev–Trinajstić information content (AvgIpc) is 2.28. The van der Waals surface area contributed by atoms with Gasteiger partial charge in [-0.3, -0.25) is 9.79 Å². The van der Waals surface area contributed by atoms with Gasteiger partial charge in [-0.2, -0.15) is 0 Å². The van der Waals surface area contributed by atoms with Gasteiger partial charge < -0.3 is 4.74 Å². The van der Waals surface area contributed by atoms with Crippen LogP contribution in [0.1, 0.15) is 30.9 Å². The van der Waals surface area contributed by atoms with Crippen LogP contribution in [0.2, 0.25) is 0 Å². The van der Waals surface area contributed by atoms with E-state index in [4.69, 9.17) is 4.74 Å². The van der Waals surface area contributed by atoms with Gasteiger partial charge in [0, 0.05) is 6.42 Å². The third-order valence-corrected chi connectivity index (χ3v) is 2.38. The fourth-order valence-corrected chi connectivity index (χ4v) is 1.51. The van der Waals surface area contributed by atoms with Crippen molar-refractivity contribution in [3.05, 3.63) is 29.3 Å². The Morgan fingerprint density at radius 1 is 1.35 bits per heavy atom. The highest BCUT2D eigenvalue weighted by Crippen LogP contribution is 2.22. The number of benzene rings is 1. The minimum absolute atomic E-state index is 0.197. The lowest BCUT2D eigenvalue weighted by atomic mass is 10.1. The van der Waals surface area contributed by atoms with E-state index in [0.29, 0.717) is 19.4 Å². The minimum Gasteiger partial charge on any atom is -0.466 e. The van der Waals surface area contributed by atoms with Crippen LogP contribution in [0.5, 0.6) is 0 Å². The highest BCUT2D eigenvalue weighted by atomic mass is 16.5. The first kappa shape index (κ1) is 13.4. The summed E-state index contributed by atoms with van der Waals surface area (Å²) in [6, 6.07) is 6.03. The van der Waals surface area contributed by atoms with Crippen molar-refractivity contribution in [2.45, 2.75) is 33.6 Å². The van der Waals surface area contributed by atoms with Crippen molar-refractivity contribution in [1.29, 1.82) is 0 Å². The number of carbonyl (C=O) groups excluding carboxylic acids is 1. The van der Waals surface area contributed by atoms with E-state index in [2.05, 4.69) is 11.2 Å². The van der Waals surface area contributed by atoms with Crippen molar-refractivity contribution in [2.24, 2.45) is 4.99 Å². The molecule has 0 aliphatic heterocycles. The molecular formula is C14H18NO2. The molecule has 3 nitrogen and oxygen atoms in total. The average molecular weight is 232 g/mol. The van der Waals surface area contributed by atoms with Crippen LogP contribution in [-0.4, -0.2) is 18.8 Å². The lowest BCUT2D eigenvalue weighted by Gasteiger charge is -2.03. The molecule has 0 saturated heterocycles. The number of ether oxygens (including phenoxy) is 1. The molecule has 1 radical (unpaired) electrons. The lowest BCUT2D eigenvalue weighted by Crippen LogP contribution is -2.03. The number of rotatable bonds is 5. The summed E-state index contributed by atoms with van der Waals surface area (Å²) in [5.74, 6) is -0.197. The van der Waals surface area contributed by atoms with Crippen molar-refractivity contribution < 1.29 is 9.53 Å². The van der Waals surface area contributed by atoms with Crippen LogP contribution in [0.4, 0.5) is 5.69 Å². The number of carbonyl (C=O) groups is 1. The molecule has 1 aromatic carbocycles. The number of aliphatic imine (C=N–C) groups is 1. The van der Waals surface area contributed by atoms with Gasteiger partial charge in [0.25, 0.3) is 0 Å². The first-order chi connectivity index (χ1) is 8.15. The van der Waals surface area contributed by atoms with E-state index < -0.39 is 0 Å². The maximum Gasteiger partial charge on any atom is 0.306 e. The fraction of sp³-hybridized carbons (Fsp3) is 0.429. The van der Waals surface area contributed by atoms with E-state index in [9.17, 15) is 4.79 Å². The van der Waals surface area contributed by atoms with Crippen LogP contribution >= 0.6 is 0 Å². The smallest absolute Gasteiger partial charge is 0.306 e. The number of aryl methyl sites for hydroxylation is 2. The second-order valence-corrected chi connectivity index (χ2v) is 3.82. The monoisotopic (exact) mass is 232 g/mol. The Bertz CT molecular complexity index is 390. The Hall–Kier alpha value is -1.64. The summed E-state index contributed by atoms with van der Waals surface area (Å²) in [5, 5.41) is 0. The van der Waals surface area contributed by atoms with Crippen LogP contribution in [-0.2, 0) is 9.53 Å². The molecule has 1 rings (SSSR count). The van der Waals surface area contributed by atoms with Crippen LogP contribution in [0, 0.1) is 13.8 Å². The second-order valence-electron chi connectivity index (χ2n) is 3.82. The molecule has 0 aliphatic carbocycles. The maximum absolute atomic E-state index is 11.1. The summed E-state index contributed by atoms with van der Waals surface area (Å²) < 4.78 is 4.82. The molecule has 1 aromatic rings. The van der Waals surface area contributed by atoms with Crippen molar-refractivity contribution in [3.63, 3.8) is 0 Å². The van der Waals surface area contributed by atoms with Crippen LogP contribution in [0.15, 0.2) is 23.2 Å². The molecule has 3 heteroatoms. The molecular weight excluding hydrogens is 214 g/mol.